The first-order valence-corrected chi connectivity index (χ1v) is 12.4. The van der Waals surface area contributed by atoms with Gasteiger partial charge in [-0.3, -0.25) is 14.2 Å². The Bertz CT molecular complexity index is 1550. The highest BCUT2D eigenvalue weighted by atomic mass is 32.2. The number of carbonyl (C=O) groups is 1. The molecule has 0 unspecified atom stereocenters. The van der Waals surface area contributed by atoms with Crippen LogP contribution in [0.25, 0.3) is 27.8 Å². The van der Waals surface area contributed by atoms with Gasteiger partial charge < -0.3 is 15.0 Å². The molecule has 0 spiro atoms. The Hall–Kier alpha value is -4.30. The molecule has 3 aromatic carbocycles. The molecule has 5 aromatic rings. The number of aromatic nitrogens is 3. The van der Waals surface area contributed by atoms with Gasteiger partial charge in [-0.1, -0.05) is 72.4 Å². The summed E-state index contributed by atoms with van der Waals surface area (Å²) in [6, 6.07) is 26.7. The fourth-order valence-electron chi connectivity index (χ4n) is 3.91. The number of H-pyrrole nitrogens is 1. The molecule has 2 aromatic heterocycles. The molecule has 0 saturated carbocycles. The minimum absolute atomic E-state index is 0.117. The largest absolute Gasteiger partial charge is 0.497 e. The summed E-state index contributed by atoms with van der Waals surface area (Å²) >= 11 is 1.23. The number of methoxy groups -OCH3 is 1. The molecule has 0 bridgehead atoms. The van der Waals surface area contributed by atoms with E-state index in [-0.39, 0.29) is 17.2 Å². The van der Waals surface area contributed by atoms with Crippen molar-refractivity contribution in [2.75, 3.05) is 12.9 Å². The van der Waals surface area contributed by atoms with Gasteiger partial charge >= 0.3 is 0 Å². The van der Waals surface area contributed by atoms with Crippen molar-refractivity contribution in [3.05, 3.63) is 107 Å². The van der Waals surface area contributed by atoms with E-state index in [2.05, 4.69) is 10.3 Å². The summed E-state index contributed by atoms with van der Waals surface area (Å²) in [5, 5.41) is 3.36. The standard InChI is InChI=1S/C28H24N4O3S/c1-35-22-14-12-21(13-15-22)32-27(34)26-25(23(17-30-26)20-10-6-3-7-11-20)31-28(32)36-18-24(33)29-16-19-8-4-2-5-9-19/h2-15,17,30H,16,18H2,1H3,(H,29,33). The molecule has 36 heavy (non-hydrogen) atoms. The smallest absolute Gasteiger partial charge is 0.283 e. The van der Waals surface area contributed by atoms with Crippen molar-refractivity contribution in [3.8, 4) is 22.6 Å². The average Bonchev–Trinajstić information content (AvgIpc) is 3.36. The second-order valence-corrected chi connectivity index (χ2v) is 9.02. The molecule has 0 radical (unpaired) electrons. The van der Waals surface area contributed by atoms with Crippen molar-refractivity contribution in [1.29, 1.82) is 0 Å². The molecule has 7 nitrogen and oxygen atoms in total. The zero-order chi connectivity index (χ0) is 24.9. The lowest BCUT2D eigenvalue weighted by molar-refractivity contribution is -0.118. The SMILES string of the molecule is COc1ccc(-n2c(SCC(=O)NCc3ccccc3)nc3c(-c4ccccc4)c[nH]c3c2=O)cc1. The van der Waals surface area contributed by atoms with Gasteiger partial charge in [0.25, 0.3) is 5.56 Å². The Morgan fingerprint density at radius 1 is 1.00 bits per heavy atom. The first-order valence-electron chi connectivity index (χ1n) is 11.4. The Labute approximate surface area is 212 Å². The third-order valence-corrected chi connectivity index (χ3v) is 6.69. The van der Waals surface area contributed by atoms with Gasteiger partial charge in [-0.25, -0.2) is 4.98 Å². The molecular weight excluding hydrogens is 472 g/mol. The fourth-order valence-corrected chi connectivity index (χ4v) is 4.75. The molecule has 2 N–H and O–H groups in total. The molecule has 8 heteroatoms. The summed E-state index contributed by atoms with van der Waals surface area (Å²) in [5.74, 6) is 0.657. The first-order chi connectivity index (χ1) is 17.6. The van der Waals surface area contributed by atoms with Crippen LogP contribution in [-0.4, -0.2) is 33.3 Å². The fraction of sp³-hybridized carbons (Fsp3) is 0.107. The lowest BCUT2D eigenvalue weighted by atomic mass is 10.1. The van der Waals surface area contributed by atoms with Crippen LogP contribution in [0.5, 0.6) is 5.75 Å². The number of thioether (sulfide) groups is 1. The van der Waals surface area contributed by atoms with Crippen LogP contribution >= 0.6 is 11.8 Å². The van der Waals surface area contributed by atoms with Crippen molar-refractivity contribution in [3.63, 3.8) is 0 Å². The highest BCUT2D eigenvalue weighted by molar-refractivity contribution is 7.99. The molecule has 0 aliphatic heterocycles. The van der Waals surface area contributed by atoms with Crippen LogP contribution in [0, 0.1) is 0 Å². The maximum Gasteiger partial charge on any atom is 0.283 e. The molecule has 0 saturated heterocycles. The number of carbonyl (C=O) groups excluding carboxylic acids is 1. The van der Waals surface area contributed by atoms with E-state index in [1.165, 1.54) is 16.3 Å². The third-order valence-electron chi connectivity index (χ3n) is 5.75. The number of nitrogens with zero attached hydrogens (tertiary/aromatic N) is 2. The van der Waals surface area contributed by atoms with E-state index in [4.69, 9.17) is 9.72 Å². The Balaban J connectivity index is 1.50. The molecule has 1 amide bonds. The second-order valence-electron chi connectivity index (χ2n) is 8.08. The van der Waals surface area contributed by atoms with Crippen LogP contribution in [0.15, 0.2) is 101 Å². The molecular formula is C28H24N4O3S. The quantitative estimate of drug-likeness (QED) is 0.238. The number of rotatable bonds is 8. The van der Waals surface area contributed by atoms with E-state index in [9.17, 15) is 9.59 Å². The summed E-state index contributed by atoms with van der Waals surface area (Å²) in [4.78, 5) is 34.3. The van der Waals surface area contributed by atoms with Gasteiger partial charge in [-0.15, -0.1) is 0 Å². The van der Waals surface area contributed by atoms with E-state index in [0.29, 0.717) is 34.2 Å². The van der Waals surface area contributed by atoms with Crippen LogP contribution < -0.4 is 15.6 Å². The summed E-state index contributed by atoms with van der Waals surface area (Å²) < 4.78 is 6.79. The second kappa shape index (κ2) is 10.5. The van der Waals surface area contributed by atoms with Crippen molar-refractivity contribution in [1.82, 2.24) is 19.9 Å². The van der Waals surface area contributed by atoms with E-state index in [1.54, 1.807) is 37.6 Å². The van der Waals surface area contributed by atoms with Crippen molar-refractivity contribution >= 4 is 28.7 Å². The number of hydrogen-bond donors (Lipinski definition) is 2. The van der Waals surface area contributed by atoms with Crippen molar-refractivity contribution in [2.45, 2.75) is 11.7 Å². The molecule has 0 aliphatic rings. The number of fused-ring (bicyclic) bond motifs is 1. The molecule has 2 heterocycles. The molecule has 5 rings (SSSR count). The average molecular weight is 497 g/mol. The maximum absolute atomic E-state index is 13.7. The van der Waals surface area contributed by atoms with Crippen LogP contribution in [0.1, 0.15) is 5.56 Å². The number of nitrogens with one attached hydrogen (secondary N) is 2. The number of aromatic amines is 1. The zero-order valence-corrected chi connectivity index (χ0v) is 20.4. The summed E-state index contributed by atoms with van der Waals surface area (Å²) in [6.07, 6.45) is 1.80. The lowest BCUT2D eigenvalue weighted by Crippen LogP contribution is -2.26. The van der Waals surface area contributed by atoms with E-state index < -0.39 is 0 Å². The minimum atomic E-state index is -0.237. The monoisotopic (exact) mass is 496 g/mol. The highest BCUT2D eigenvalue weighted by Crippen LogP contribution is 2.29. The number of benzene rings is 3. The highest BCUT2D eigenvalue weighted by Gasteiger charge is 2.19. The predicted octanol–water partition coefficient (Wildman–Crippen LogP) is 4.80. The van der Waals surface area contributed by atoms with Gasteiger partial charge in [0.05, 0.1) is 18.6 Å². The van der Waals surface area contributed by atoms with E-state index in [1.807, 2.05) is 60.7 Å². The summed E-state index contributed by atoms with van der Waals surface area (Å²) in [7, 11) is 1.59. The van der Waals surface area contributed by atoms with Crippen LogP contribution in [0.3, 0.4) is 0 Å². The Morgan fingerprint density at radius 3 is 2.39 bits per heavy atom. The zero-order valence-electron chi connectivity index (χ0n) is 19.6. The number of hydrogen-bond acceptors (Lipinski definition) is 5. The molecule has 180 valence electrons. The van der Waals surface area contributed by atoms with Gasteiger partial charge in [-0.05, 0) is 35.4 Å². The summed E-state index contributed by atoms with van der Waals surface area (Å²) in [6.45, 7) is 0.438. The molecule has 0 atom stereocenters. The number of ether oxygens (including phenoxy) is 1. The van der Waals surface area contributed by atoms with Crippen molar-refractivity contribution < 1.29 is 9.53 Å². The Kier molecular flexibility index (Phi) is 6.86. The van der Waals surface area contributed by atoms with Gasteiger partial charge in [-0.2, -0.15) is 0 Å². The van der Waals surface area contributed by atoms with Gasteiger partial charge in [0.2, 0.25) is 5.91 Å². The number of amides is 1. The van der Waals surface area contributed by atoms with Gasteiger partial charge in [0, 0.05) is 18.3 Å². The normalized spacial score (nSPS) is 10.9. The minimum Gasteiger partial charge on any atom is -0.497 e. The van der Waals surface area contributed by atoms with Crippen molar-refractivity contribution in [2.24, 2.45) is 0 Å². The van der Waals surface area contributed by atoms with E-state index >= 15 is 0 Å². The van der Waals surface area contributed by atoms with Crippen LogP contribution in [0.4, 0.5) is 0 Å². The van der Waals surface area contributed by atoms with Crippen LogP contribution in [0.2, 0.25) is 0 Å². The third kappa shape index (κ3) is 4.89. The summed E-state index contributed by atoms with van der Waals surface area (Å²) in [5.41, 5.74) is 4.18. The molecule has 0 aliphatic carbocycles. The maximum atomic E-state index is 13.7. The first kappa shape index (κ1) is 23.4. The lowest BCUT2D eigenvalue weighted by Gasteiger charge is -2.13. The van der Waals surface area contributed by atoms with E-state index in [0.717, 1.165) is 16.7 Å². The van der Waals surface area contributed by atoms with Gasteiger partial charge in [0.15, 0.2) is 5.16 Å². The van der Waals surface area contributed by atoms with Gasteiger partial charge in [0.1, 0.15) is 16.8 Å². The topological polar surface area (TPSA) is 89.0 Å². The predicted molar refractivity (Wildman–Crippen MR) is 143 cm³/mol. The Morgan fingerprint density at radius 2 is 1.69 bits per heavy atom. The van der Waals surface area contributed by atoms with Crippen LogP contribution in [-0.2, 0) is 11.3 Å². The molecule has 0 fully saturated rings.